The van der Waals surface area contributed by atoms with Crippen LogP contribution >= 0.6 is 0 Å². The largest absolute Gasteiger partial charge is 0.396 e. The Kier molecular flexibility index (Phi) is 6.49. The number of carbonyl (C=O) groups is 1. The number of hydrogen-bond acceptors (Lipinski definition) is 4. The fourth-order valence-electron chi connectivity index (χ4n) is 1.81. The summed E-state index contributed by atoms with van der Waals surface area (Å²) in [5, 5.41) is 19.7. The highest BCUT2D eigenvalue weighted by molar-refractivity contribution is 5.80. The molecule has 0 fully saturated rings. The number of rotatable bonds is 8. The molecule has 6 nitrogen and oxygen atoms in total. The number of carbonyl (C=O) groups excluding carboxylic acids is 1. The lowest BCUT2D eigenvalue weighted by Gasteiger charge is -2.18. The molecule has 0 aliphatic heterocycles. The van der Waals surface area contributed by atoms with Gasteiger partial charge in [0.15, 0.2) is 0 Å². The molecule has 2 N–H and O–H groups in total. The first-order chi connectivity index (χ1) is 9.12. The topological polar surface area (TPSA) is 80.0 Å². The molecule has 0 saturated carbocycles. The van der Waals surface area contributed by atoms with Gasteiger partial charge in [-0.3, -0.25) is 4.79 Å². The summed E-state index contributed by atoms with van der Waals surface area (Å²) in [5.41, 5.74) is 0.802. The highest BCUT2D eigenvalue weighted by Crippen LogP contribution is 2.08. The smallest absolute Gasteiger partial charge is 0.244 e. The van der Waals surface area contributed by atoms with E-state index < -0.39 is 0 Å². The van der Waals surface area contributed by atoms with Crippen LogP contribution in [0.1, 0.15) is 51.8 Å². The summed E-state index contributed by atoms with van der Waals surface area (Å²) < 4.78 is 1.57. The zero-order chi connectivity index (χ0) is 14.3. The maximum absolute atomic E-state index is 12.1. The molecular weight excluding hydrogens is 244 g/mol. The molecule has 0 aliphatic rings. The maximum atomic E-state index is 12.1. The van der Waals surface area contributed by atoms with E-state index in [1.54, 1.807) is 10.9 Å². The van der Waals surface area contributed by atoms with E-state index in [1.165, 1.54) is 0 Å². The minimum absolute atomic E-state index is 0.0349. The van der Waals surface area contributed by atoms with Gasteiger partial charge in [-0.05, 0) is 32.6 Å². The van der Waals surface area contributed by atoms with Gasteiger partial charge in [0.25, 0.3) is 0 Å². The van der Waals surface area contributed by atoms with E-state index in [9.17, 15) is 4.79 Å². The molecule has 0 saturated heterocycles. The van der Waals surface area contributed by atoms with Gasteiger partial charge in [-0.25, -0.2) is 4.68 Å². The van der Waals surface area contributed by atoms with Crippen LogP contribution in [0.3, 0.4) is 0 Å². The van der Waals surface area contributed by atoms with Crippen LogP contribution < -0.4 is 5.32 Å². The number of hydrogen-bond donors (Lipinski definition) is 2. The summed E-state index contributed by atoms with van der Waals surface area (Å²) in [7, 11) is 0. The van der Waals surface area contributed by atoms with Crippen molar-refractivity contribution in [2.75, 3.05) is 6.61 Å². The first-order valence-electron chi connectivity index (χ1n) is 6.94. The van der Waals surface area contributed by atoms with Gasteiger partial charge < -0.3 is 10.4 Å². The van der Waals surface area contributed by atoms with E-state index in [4.69, 9.17) is 5.11 Å². The lowest BCUT2D eigenvalue weighted by atomic mass is 10.1. The molecule has 19 heavy (non-hydrogen) atoms. The van der Waals surface area contributed by atoms with Crippen LogP contribution in [0.4, 0.5) is 0 Å². The summed E-state index contributed by atoms with van der Waals surface area (Å²) in [6.07, 6.45) is 4.96. The standard InChI is InChI=1S/C13H24N4O2/c1-4-11(5-2)14-13(19)10(3)17-9-12(15-16-17)7-6-8-18/h9-11,18H,4-8H2,1-3H3,(H,14,19). The second kappa shape index (κ2) is 7.89. The van der Waals surface area contributed by atoms with Gasteiger partial charge in [0.1, 0.15) is 6.04 Å². The van der Waals surface area contributed by atoms with Crippen molar-refractivity contribution in [3.63, 3.8) is 0 Å². The van der Waals surface area contributed by atoms with Crippen LogP contribution in [-0.2, 0) is 11.2 Å². The summed E-state index contributed by atoms with van der Waals surface area (Å²) in [4.78, 5) is 12.1. The van der Waals surface area contributed by atoms with Gasteiger partial charge in [-0.15, -0.1) is 5.10 Å². The van der Waals surface area contributed by atoms with Gasteiger partial charge in [0, 0.05) is 18.8 Å². The van der Waals surface area contributed by atoms with Crippen molar-refractivity contribution in [3.8, 4) is 0 Å². The Bertz CT molecular complexity index is 388. The molecule has 1 atom stereocenters. The van der Waals surface area contributed by atoms with Crippen LogP contribution in [0.5, 0.6) is 0 Å². The quantitative estimate of drug-likeness (QED) is 0.739. The summed E-state index contributed by atoms with van der Waals surface area (Å²) in [5.74, 6) is -0.0349. The van der Waals surface area contributed by atoms with E-state index in [-0.39, 0.29) is 24.6 Å². The van der Waals surface area contributed by atoms with Gasteiger partial charge in [-0.1, -0.05) is 19.1 Å². The van der Waals surface area contributed by atoms with Crippen molar-refractivity contribution in [2.24, 2.45) is 0 Å². The van der Waals surface area contributed by atoms with Gasteiger partial charge >= 0.3 is 0 Å². The molecule has 108 valence electrons. The van der Waals surface area contributed by atoms with E-state index in [0.29, 0.717) is 12.8 Å². The van der Waals surface area contributed by atoms with Crippen LogP contribution in [0, 0.1) is 0 Å². The monoisotopic (exact) mass is 268 g/mol. The first-order valence-corrected chi connectivity index (χ1v) is 6.94. The molecule has 6 heteroatoms. The Morgan fingerprint density at radius 2 is 2.16 bits per heavy atom. The van der Waals surface area contributed by atoms with Crippen molar-refractivity contribution in [2.45, 2.75) is 58.5 Å². The number of nitrogens with one attached hydrogen (secondary N) is 1. The number of aryl methyl sites for hydroxylation is 1. The van der Waals surface area contributed by atoms with Gasteiger partial charge in [-0.2, -0.15) is 0 Å². The Morgan fingerprint density at radius 1 is 1.47 bits per heavy atom. The minimum Gasteiger partial charge on any atom is -0.396 e. The van der Waals surface area contributed by atoms with Crippen LogP contribution in [-0.4, -0.2) is 38.7 Å². The SMILES string of the molecule is CCC(CC)NC(=O)C(C)n1cc(CCCO)nn1. The Morgan fingerprint density at radius 3 is 2.74 bits per heavy atom. The summed E-state index contributed by atoms with van der Waals surface area (Å²) in [6.45, 7) is 6.06. The predicted molar refractivity (Wildman–Crippen MR) is 72.7 cm³/mol. The third-order valence-corrected chi connectivity index (χ3v) is 3.26. The van der Waals surface area contributed by atoms with Crippen molar-refractivity contribution in [3.05, 3.63) is 11.9 Å². The fourth-order valence-corrected chi connectivity index (χ4v) is 1.81. The van der Waals surface area contributed by atoms with Crippen LogP contribution in [0.25, 0.3) is 0 Å². The molecule has 0 bridgehead atoms. The van der Waals surface area contributed by atoms with Crippen LogP contribution in [0.15, 0.2) is 6.20 Å². The third kappa shape index (κ3) is 4.63. The number of aliphatic hydroxyl groups is 1. The van der Waals surface area contributed by atoms with E-state index in [1.807, 2.05) is 6.92 Å². The van der Waals surface area contributed by atoms with Gasteiger partial charge in [0.05, 0.1) is 5.69 Å². The van der Waals surface area contributed by atoms with E-state index >= 15 is 0 Å². The van der Waals surface area contributed by atoms with Crippen LogP contribution in [0.2, 0.25) is 0 Å². The second-order valence-corrected chi connectivity index (χ2v) is 4.72. The highest BCUT2D eigenvalue weighted by Gasteiger charge is 2.18. The zero-order valence-electron chi connectivity index (χ0n) is 12.0. The molecule has 0 aromatic carbocycles. The van der Waals surface area contributed by atoms with Crippen molar-refractivity contribution in [1.29, 1.82) is 0 Å². The molecule has 0 spiro atoms. The molecular formula is C13H24N4O2. The lowest BCUT2D eigenvalue weighted by molar-refractivity contribution is -0.124. The second-order valence-electron chi connectivity index (χ2n) is 4.72. The van der Waals surface area contributed by atoms with Crippen molar-refractivity contribution in [1.82, 2.24) is 20.3 Å². The van der Waals surface area contributed by atoms with Crippen molar-refractivity contribution < 1.29 is 9.90 Å². The number of aliphatic hydroxyl groups excluding tert-OH is 1. The molecule has 1 unspecified atom stereocenters. The van der Waals surface area contributed by atoms with E-state index in [2.05, 4.69) is 29.5 Å². The number of amides is 1. The number of aromatic nitrogens is 3. The lowest BCUT2D eigenvalue weighted by Crippen LogP contribution is -2.38. The summed E-state index contributed by atoms with van der Waals surface area (Å²) >= 11 is 0. The third-order valence-electron chi connectivity index (χ3n) is 3.26. The fraction of sp³-hybridized carbons (Fsp3) is 0.769. The minimum atomic E-state index is -0.365. The summed E-state index contributed by atoms with van der Waals surface area (Å²) in [6, 6.07) is -0.150. The van der Waals surface area contributed by atoms with Gasteiger partial charge in [0.2, 0.25) is 5.91 Å². The molecule has 1 amide bonds. The predicted octanol–water partition coefficient (Wildman–Crippen LogP) is 1.07. The first kappa shape index (κ1) is 15.6. The average Bonchev–Trinajstić information content (AvgIpc) is 2.90. The molecule has 1 aromatic rings. The average molecular weight is 268 g/mol. The zero-order valence-corrected chi connectivity index (χ0v) is 12.0. The Balaban J connectivity index is 2.58. The normalized spacial score (nSPS) is 12.7. The molecule has 1 heterocycles. The molecule has 0 radical (unpaired) electrons. The Labute approximate surface area is 114 Å². The molecule has 0 aliphatic carbocycles. The molecule has 1 aromatic heterocycles. The highest BCUT2D eigenvalue weighted by atomic mass is 16.2. The number of nitrogens with zero attached hydrogens (tertiary/aromatic N) is 3. The Hall–Kier alpha value is -1.43. The molecule has 1 rings (SSSR count). The van der Waals surface area contributed by atoms with Crippen molar-refractivity contribution >= 4 is 5.91 Å². The maximum Gasteiger partial charge on any atom is 0.244 e. The van der Waals surface area contributed by atoms with E-state index in [0.717, 1.165) is 18.5 Å².